The number of rotatable bonds is 6. The maximum atomic E-state index is 11.1. The maximum absolute atomic E-state index is 11.1. The molecule has 0 aromatic rings. The van der Waals surface area contributed by atoms with Crippen molar-refractivity contribution in [1.82, 2.24) is 5.32 Å². The van der Waals surface area contributed by atoms with E-state index in [1.807, 2.05) is 0 Å². The smallest absolute Gasteiger partial charge is 0.328 e. The zero-order chi connectivity index (χ0) is 11.0. The van der Waals surface area contributed by atoms with Crippen LogP contribution in [0.4, 0.5) is 0 Å². The Kier molecular flexibility index (Phi) is 7.20. The molecule has 82 valence electrons. The lowest BCUT2D eigenvalue weighted by molar-refractivity contribution is -0.146. The number of halogens is 1. The van der Waals surface area contributed by atoms with Crippen LogP contribution in [-0.4, -0.2) is 30.4 Å². The van der Waals surface area contributed by atoms with Gasteiger partial charge in [-0.1, -0.05) is 0 Å². The Bertz CT molecular complexity index is 196. The van der Waals surface area contributed by atoms with Crippen molar-refractivity contribution >= 4 is 23.5 Å². The molecule has 1 amide bonds. The second-order valence-corrected chi connectivity index (χ2v) is 3.21. The summed E-state index contributed by atoms with van der Waals surface area (Å²) in [6, 6.07) is -0.585. The van der Waals surface area contributed by atoms with E-state index in [2.05, 4.69) is 5.32 Å². The minimum atomic E-state index is -0.585. The molecule has 0 aliphatic heterocycles. The van der Waals surface area contributed by atoms with Gasteiger partial charge in [-0.15, -0.1) is 11.6 Å². The first kappa shape index (κ1) is 13.2. The van der Waals surface area contributed by atoms with Crippen molar-refractivity contribution in [2.45, 2.75) is 32.7 Å². The lowest BCUT2D eigenvalue weighted by Crippen LogP contribution is -2.39. The number of amides is 1. The second kappa shape index (κ2) is 7.62. The zero-order valence-electron chi connectivity index (χ0n) is 8.51. The molecule has 0 rings (SSSR count). The molecule has 0 aromatic carbocycles. The topological polar surface area (TPSA) is 55.4 Å². The third-order valence-electron chi connectivity index (χ3n) is 1.56. The summed E-state index contributed by atoms with van der Waals surface area (Å²) in [6.45, 7) is 3.64. The van der Waals surface area contributed by atoms with Gasteiger partial charge in [0.2, 0.25) is 5.91 Å². The molecule has 0 radical (unpaired) electrons. The van der Waals surface area contributed by atoms with Gasteiger partial charge in [0.05, 0.1) is 6.61 Å². The molecular formula is C9H16ClNO3. The number of carbonyl (C=O) groups excluding carboxylic acids is 2. The van der Waals surface area contributed by atoms with Gasteiger partial charge in [-0.05, 0) is 20.3 Å². The summed E-state index contributed by atoms with van der Waals surface area (Å²) in [5.74, 6) is -0.140. The van der Waals surface area contributed by atoms with Gasteiger partial charge in [0, 0.05) is 12.3 Å². The Morgan fingerprint density at radius 2 is 2.14 bits per heavy atom. The monoisotopic (exact) mass is 221 g/mol. The van der Waals surface area contributed by atoms with Gasteiger partial charge in [-0.2, -0.15) is 0 Å². The van der Waals surface area contributed by atoms with Crippen LogP contribution in [0.25, 0.3) is 0 Å². The Morgan fingerprint density at radius 1 is 1.50 bits per heavy atom. The molecule has 4 nitrogen and oxygen atoms in total. The van der Waals surface area contributed by atoms with Crippen LogP contribution in [0, 0.1) is 0 Å². The summed E-state index contributed by atoms with van der Waals surface area (Å²) in [5, 5.41) is 2.53. The third-order valence-corrected chi connectivity index (χ3v) is 1.82. The van der Waals surface area contributed by atoms with Crippen LogP contribution in [0.3, 0.4) is 0 Å². The van der Waals surface area contributed by atoms with Crippen molar-refractivity contribution in [3.63, 3.8) is 0 Å². The number of carbonyl (C=O) groups is 2. The van der Waals surface area contributed by atoms with Crippen molar-refractivity contribution < 1.29 is 14.3 Å². The minimum Gasteiger partial charge on any atom is -0.464 e. The molecule has 0 fully saturated rings. The third kappa shape index (κ3) is 5.80. The Balaban J connectivity index is 3.75. The predicted molar refractivity (Wildman–Crippen MR) is 54.2 cm³/mol. The molecule has 0 saturated heterocycles. The number of ether oxygens (including phenoxy) is 1. The molecule has 0 heterocycles. The molecule has 14 heavy (non-hydrogen) atoms. The summed E-state index contributed by atoms with van der Waals surface area (Å²) >= 11 is 5.42. The van der Waals surface area contributed by atoms with Crippen molar-refractivity contribution in [2.24, 2.45) is 0 Å². The number of hydrogen-bond acceptors (Lipinski definition) is 3. The van der Waals surface area contributed by atoms with Gasteiger partial charge in [0.25, 0.3) is 0 Å². The number of nitrogens with one attached hydrogen (secondary N) is 1. The van der Waals surface area contributed by atoms with Gasteiger partial charge in [-0.25, -0.2) is 4.79 Å². The summed E-state index contributed by atoms with van der Waals surface area (Å²) in [4.78, 5) is 22.2. The average Bonchev–Trinajstić information content (AvgIpc) is 2.15. The summed E-state index contributed by atoms with van der Waals surface area (Å²) in [5.41, 5.74) is 0. The van der Waals surface area contributed by atoms with Crippen LogP contribution in [0.15, 0.2) is 0 Å². The van der Waals surface area contributed by atoms with Crippen LogP contribution in [0.2, 0.25) is 0 Å². The second-order valence-electron chi connectivity index (χ2n) is 2.83. The molecule has 1 unspecified atom stereocenters. The lowest BCUT2D eigenvalue weighted by Gasteiger charge is -2.11. The molecule has 0 saturated carbocycles. The fourth-order valence-corrected chi connectivity index (χ4v) is 1.00. The molecule has 0 aromatic heterocycles. The molecule has 0 aliphatic rings. The maximum Gasteiger partial charge on any atom is 0.328 e. The Hall–Kier alpha value is -0.770. The lowest BCUT2D eigenvalue weighted by atomic mass is 10.3. The van der Waals surface area contributed by atoms with Gasteiger partial charge < -0.3 is 10.1 Å². The highest BCUT2D eigenvalue weighted by molar-refractivity contribution is 6.17. The van der Waals surface area contributed by atoms with Crippen molar-refractivity contribution in [3.8, 4) is 0 Å². The molecule has 0 spiro atoms. The molecule has 0 bridgehead atoms. The normalized spacial score (nSPS) is 11.9. The minimum absolute atomic E-state index is 0.175. The predicted octanol–water partition coefficient (Wildman–Crippen LogP) is 1.07. The van der Waals surface area contributed by atoms with E-state index < -0.39 is 12.0 Å². The van der Waals surface area contributed by atoms with E-state index in [-0.39, 0.29) is 5.91 Å². The molecular weight excluding hydrogens is 206 g/mol. The quantitative estimate of drug-likeness (QED) is 0.539. The molecule has 0 aliphatic carbocycles. The number of hydrogen-bond donors (Lipinski definition) is 1. The van der Waals surface area contributed by atoms with Crippen molar-refractivity contribution in [2.75, 3.05) is 12.5 Å². The van der Waals surface area contributed by atoms with Crippen LogP contribution in [0.5, 0.6) is 0 Å². The van der Waals surface area contributed by atoms with Crippen LogP contribution < -0.4 is 5.32 Å². The van der Waals surface area contributed by atoms with Crippen LogP contribution in [-0.2, 0) is 14.3 Å². The van der Waals surface area contributed by atoms with Gasteiger partial charge in [0.1, 0.15) is 6.04 Å². The first-order valence-corrected chi connectivity index (χ1v) is 5.17. The highest BCUT2D eigenvalue weighted by Crippen LogP contribution is 1.94. The summed E-state index contributed by atoms with van der Waals surface area (Å²) in [6.07, 6.45) is 0.955. The average molecular weight is 222 g/mol. The molecule has 1 N–H and O–H groups in total. The first-order chi connectivity index (χ1) is 6.61. The van der Waals surface area contributed by atoms with E-state index in [0.717, 1.165) is 0 Å². The number of esters is 1. The van der Waals surface area contributed by atoms with Gasteiger partial charge >= 0.3 is 5.97 Å². The van der Waals surface area contributed by atoms with E-state index in [1.165, 1.54) is 0 Å². The standard InChI is InChI=1S/C9H16ClNO3/c1-3-14-9(13)7(2)11-8(12)5-4-6-10/h7H,3-6H2,1-2H3,(H,11,12). The van der Waals surface area contributed by atoms with Gasteiger partial charge in [-0.3, -0.25) is 4.79 Å². The van der Waals surface area contributed by atoms with Gasteiger partial charge in [0.15, 0.2) is 0 Å². The van der Waals surface area contributed by atoms with Crippen molar-refractivity contribution in [1.29, 1.82) is 0 Å². The fraction of sp³-hybridized carbons (Fsp3) is 0.778. The Morgan fingerprint density at radius 3 is 2.64 bits per heavy atom. The SMILES string of the molecule is CCOC(=O)C(C)NC(=O)CCCCl. The number of alkyl halides is 1. The zero-order valence-corrected chi connectivity index (χ0v) is 9.26. The molecule has 5 heteroatoms. The van der Waals surface area contributed by atoms with E-state index in [4.69, 9.17) is 16.3 Å². The van der Waals surface area contributed by atoms with E-state index in [9.17, 15) is 9.59 Å². The molecule has 1 atom stereocenters. The summed E-state index contributed by atoms with van der Waals surface area (Å²) in [7, 11) is 0. The van der Waals surface area contributed by atoms with Crippen molar-refractivity contribution in [3.05, 3.63) is 0 Å². The Labute approximate surface area is 88.9 Å². The van der Waals surface area contributed by atoms with E-state index in [1.54, 1.807) is 13.8 Å². The largest absolute Gasteiger partial charge is 0.464 e. The first-order valence-electron chi connectivity index (χ1n) is 4.63. The van der Waals surface area contributed by atoms with E-state index in [0.29, 0.717) is 25.3 Å². The van der Waals surface area contributed by atoms with Crippen LogP contribution >= 0.6 is 11.6 Å². The highest BCUT2D eigenvalue weighted by atomic mass is 35.5. The fourth-order valence-electron chi connectivity index (χ4n) is 0.867. The van der Waals surface area contributed by atoms with E-state index >= 15 is 0 Å². The van der Waals surface area contributed by atoms with Crippen LogP contribution in [0.1, 0.15) is 26.7 Å². The summed E-state index contributed by atoms with van der Waals surface area (Å²) < 4.78 is 4.73. The highest BCUT2D eigenvalue weighted by Gasteiger charge is 2.15.